The summed E-state index contributed by atoms with van der Waals surface area (Å²) < 4.78 is 0. The van der Waals surface area contributed by atoms with Gasteiger partial charge in [0.15, 0.2) is 0 Å². The first-order valence-electron chi connectivity index (χ1n) is 9.32. The predicted molar refractivity (Wildman–Crippen MR) is 101 cm³/mol. The van der Waals surface area contributed by atoms with Gasteiger partial charge in [0.1, 0.15) is 0 Å². The minimum Gasteiger partial charge on any atom is -0.348 e. The zero-order valence-corrected chi connectivity index (χ0v) is 14.8. The van der Waals surface area contributed by atoms with E-state index in [9.17, 15) is 4.79 Å². The van der Waals surface area contributed by atoms with E-state index in [4.69, 9.17) is 0 Å². The molecule has 5 heterocycles. The third-order valence-corrected chi connectivity index (χ3v) is 5.54. The maximum Gasteiger partial charge on any atom is 0.244 e. The van der Waals surface area contributed by atoms with Crippen LogP contribution in [0.15, 0.2) is 55.0 Å². The molecule has 26 heavy (non-hydrogen) atoms. The van der Waals surface area contributed by atoms with E-state index in [1.165, 1.54) is 18.4 Å². The zero-order chi connectivity index (χ0) is 17.8. The first-order chi connectivity index (χ1) is 12.8. The summed E-state index contributed by atoms with van der Waals surface area (Å²) in [7, 11) is 0. The van der Waals surface area contributed by atoms with Crippen molar-refractivity contribution in [3.63, 3.8) is 0 Å². The number of carbonyl (C=O) groups is 1. The Morgan fingerprint density at radius 3 is 2.81 bits per heavy atom. The maximum absolute atomic E-state index is 12.5. The van der Waals surface area contributed by atoms with Gasteiger partial charge < -0.3 is 5.32 Å². The number of amides is 1. The molecule has 0 spiro atoms. The molecule has 2 bridgehead atoms. The Labute approximate surface area is 154 Å². The summed E-state index contributed by atoms with van der Waals surface area (Å²) in [6.45, 7) is 2.26. The highest BCUT2D eigenvalue weighted by atomic mass is 16.1. The van der Waals surface area contributed by atoms with Crippen LogP contribution < -0.4 is 5.32 Å². The first kappa shape index (κ1) is 16.9. The summed E-state index contributed by atoms with van der Waals surface area (Å²) in [6, 6.07) is 10.3. The van der Waals surface area contributed by atoms with Crippen molar-refractivity contribution in [3.05, 3.63) is 66.3 Å². The van der Waals surface area contributed by atoms with Crippen LogP contribution in [0.5, 0.6) is 0 Å². The molecule has 1 amide bonds. The zero-order valence-electron chi connectivity index (χ0n) is 14.8. The number of rotatable bonds is 5. The van der Waals surface area contributed by atoms with Gasteiger partial charge in [-0.2, -0.15) is 0 Å². The van der Waals surface area contributed by atoms with Gasteiger partial charge in [-0.05, 0) is 68.1 Å². The van der Waals surface area contributed by atoms with Crippen molar-refractivity contribution in [2.24, 2.45) is 5.92 Å². The molecule has 2 aromatic heterocycles. The van der Waals surface area contributed by atoms with Gasteiger partial charge in [0, 0.05) is 36.8 Å². The van der Waals surface area contributed by atoms with Crippen molar-refractivity contribution in [3.8, 4) is 0 Å². The molecule has 0 aliphatic carbocycles. The molecule has 0 aromatic carbocycles. The lowest BCUT2D eigenvalue weighted by atomic mass is 9.77. The molecule has 0 unspecified atom stereocenters. The fourth-order valence-electron chi connectivity index (χ4n) is 4.23. The fraction of sp³-hybridized carbons (Fsp3) is 0.381. The van der Waals surface area contributed by atoms with Crippen LogP contribution in [0.3, 0.4) is 0 Å². The Morgan fingerprint density at radius 1 is 1.19 bits per heavy atom. The van der Waals surface area contributed by atoms with E-state index >= 15 is 0 Å². The van der Waals surface area contributed by atoms with Crippen LogP contribution >= 0.6 is 0 Å². The highest BCUT2D eigenvalue weighted by Gasteiger charge is 2.42. The Hall–Kier alpha value is -2.53. The third-order valence-electron chi connectivity index (χ3n) is 5.54. The number of fused-ring (bicyclic) bond motifs is 3. The molecule has 1 N–H and O–H groups in total. The monoisotopic (exact) mass is 348 g/mol. The van der Waals surface area contributed by atoms with Crippen molar-refractivity contribution < 1.29 is 4.79 Å². The van der Waals surface area contributed by atoms with Gasteiger partial charge in [0.25, 0.3) is 0 Å². The van der Waals surface area contributed by atoms with Crippen LogP contribution in [-0.4, -0.2) is 45.9 Å². The third kappa shape index (κ3) is 3.83. The lowest BCUT2D eigenvalue weighted by Crippen LogP contribution is -2.64. The number of nitrogens with one attached hydrogen (secondary N) is 1. The van der Waals surface area contributed by atoms with Gasteiger partial charge in [-0.1, -0.05) is 12.1 Å². The van der Waals surface area contributed by atoms with Crippen molar-refractivity contribution in [2.75, 3.05) is 13.1 Å². The SMILES string of the molecule is O=C(/C=C/c1ccccn1)N[C@H]1C2CCN(CC2)[C@H]1Cc1cccnc1. The number of aromatic nitrogens is 2. The van der Waals surface area contributed by atoms with Gasteiger partial charge in [-0.25, -0.2) is 0 Å². The van der Waals surface area contributed by atoms with E-state index in [-0.39, 0.29) is 11.9 Å². The van der Waals surface area contributed by atoms with Gasteiger partial charge in [0.05, 0.1) is 5.69 Å². The lowest BCUT2D eigenvalue weighted by Gasteiger charge is -2.51. The smallest absolute Gasteiger partial charge is 0.244 e. The quantitative estimate of drug-likeness (QED) is 0.843. The summed E-state index contributed by atoms with van der Waals surface area (Å²) in [6.07, 6.45) is 12.1. The summed E-state index contributed by atoms with van der Waals surface area (Å²) in [5, 5.41) is 3.28. The molecule has 5 nitrogen and oxygen atoms in total. The largest absolute Gasteiger partial charge is 0.348 e. The summed E-state index contributed by atoms with van der Waals surface area (Å²) in [5.41, 5.74) is 2.02. The average Bonchev–Trinajstić information content (AvgIpc) is 2.70. The molecule has 3 saturated heterocycles. The lowest BCUT2D eigenvalue weighted by molar-refractivity contribution is -0.119. The van der Waals surface area contributed by atoms with E-state index in [2.05, 4.69) is 26.3 Å². The number of hydrogen-bond acceptors (Lipinski definition) is 4. The molecule has 2 aromatic rings. The normalized spacial score (nSPS) is 27.5. The van der Waals surface area contributed by atoms with E-state index in [0.717, 1.165) is 25.2 Å². The Kier molecular flexibility index (Phi) is 5.07. The van der Waals surface area contributed by atoms with Gasteiger partial charge >= 0.3 is 0 Å². The number of carbonyl (C=O) groups excluding carboxylic acids is 1. The van der Waals surface area contributed by atoms with Gasteiger partial charge in [-0.3, -0.25) is 19.7 Å². The van der Waals surface area contributed by atoms with Gasteiger partial charge in [0.2, 0.25) is 5.91 Å². The van der Waals surface area contributed by atoms with Crippen molar-refractivity contribution in [1.29, 1.82) is 0 Å². The minimum atomic E-state index is -0.0365. The molecule has 3 fully saturated rings. The van der Waals surface area contributed by atoms with Crippen LogP contribution in [0.4, 0.5) is 0 Å². The summed E-state index contributed by atoms with van der Waals surface area (Å²) in [4.78, 5) is 23.5. The Bertz CT molecular complexity index is 754. The molecular weight excluding hydrogens is 324 g/mol. The minimum absolute atomic E-state index is 0.0365. The summed E-state index contributed by atoms with van der Waals surface area (Å²) >= 11 is 0. The van der Waals surface area contributed by atoms with E-state index in [1.807, 2.05) is 30.5 Å². The highest BCUT2D eigenvalue weighted by molar-refractivity contribution is 5.91. The Balaban J connectivity index is 1.45. The fourth-order valence-corrected chi connectivity index (χ4v) is 4.23. The highest BCUT2D eigenvalue weighted by Crippen LogP contribution is 2.33. The first-order valence-corrected chi connectivity index (χ1v) is 9.32. The number of piperidine rings is 3. The van der Waals surface area contributed by atoms with Crippen molar-refractivity contribution >= 4 is 12.0 Å². The van der Waals surface area contributed by atoms with Gasteiger partial charge in [-0.15, -0.1) is 0 Å². The number of hydrogen-bond donors (Lipinski definition) is 1. The van der Waals surface area contributed by atoms with Crippen LogP contribution in [0, 0.1) is 5.92 Å². The second-order valence-corrected chi connectivity index (χ2v) is 7.13. The van der Waals surface area contributed by atoms with Crippen LogP contribution in [0.2, 0.25) is 0 Å². The summed E-state index contributed by atoms with van der Waals surface area (Å²) in [5.74, 6) is 0.527. The van der Waals surface area contributed by atoms with E-state index in [0.29, 0.717) is 12.0 Å². The van der Waals surface area contributed by atoms with E-state index in [1.54, 1.807) is 24.5 Å². The van der Waals surface area contributed by atoms with E-state index < -0.39 is 0 Å². The molecule has 3 aliphatic heterocycles. The molecule has 134 valence electrons. The molecule has 2 atom stereocenters. The maximum atomic E-state index is 12.5. The average molecular weight is 348 g/mol. The van der Waals surface area contributed by atoms with Crippen molar-refractivity contribution in [1.82, 2.24) is 20.2 Å². The van der Waals surface area contributed by atoms with Crippen molar-refractivity contribution in [2.45, 2.75) is 31.3 Å². The van der Waals surface area contributed by atoms with Crippen LogP contribution in [0.1, 0.15) is 24.1 Å². The molecule has 5 heteroatoms. The number of nitrogens with zero attached hydrogens (tertiary/aromatic N) is 3. The topological polar surface area (TPSA) is 58.1 Å². The van der Waals surface area contributed by atoms with Crippen LogP contribution in [0.25, 0.3) is 6.08 Å². The second-order valence-electron chi connectivity index (χ2n) is 7.13. The second kappa shape index (κ2) is 7.79. The molecule has 5 rings (SSSR count). The molecule has 0 radical (unpaired) electrons. The Morgan fingerprint density at radius 2 is 2.08 bits per heavy atom. The molecular formula is C21H24N4O. The molecule has 0 saturated carbocycles. The number of pyridine rings is 2. The standard InChI is InChI=1S/C21H24N4O/c26-20(7-6-18-5-1-2-11-23-18)24-21-17-8-12-25(13-9-17)19(21)14-16-4-3-10-22-15-16/h1-7,10-11,15,17,19,21H,8-9,12-14H2,(H,24,26)/b7-6+/t19-,21-/m0/s1. The predicted octanol–water partition coefficient (Wildman–Crippen LogP) is 2.31. The van der Waals surface area contributed by atoms with Crippen LogP contribution in [-0.2, 0) is 11.2 Å². The molecule has 3 aliphatic rings.